The van der Waals surface area contributed by atoms with Crippen molar-refractivity contribution in [3.05, 3.63) is 83.4 Å². The number of hydrogen-bond donors (Lipinski definition) is 3. The Labute approximate surface area is 190 Å². The fourth-order valence-corrected chi connectivity index (χ4v) is 2.84. The molecule has 3 aromatic rings. The second kappa shape index (κ2) is 11.2. The van der Waals surface area contributed by atoms with Crippen molar-refractivity contribution in [1.82, 2.24) is 5.43 Å². The highest BCUT2D eigenvalue weighted by atomic mass is 16.5. The molecule has 0 atom stereocenters. The average Bonchev–Trinajstić information content (AvgIpc) is 2.83. The van der Waals surface area contributed by atoms with E-state index in [1.807, 2.05) is 0 Å². The first-order valence-corrected chi connectivity index (χ1v) is 9.86. The lowest BCUT2D eigenvalue weighted by atomic mass is 10.1. The van der Waals surface area contributed by atoms with Gasteiger partial charge in [0.05, 0.1) is 26.0 Å². The van der Waals surface area contributed by atoms with E-state index in [4.69, 9.17) is 19.3 Å². The lowest BCUT2D eigenvalue weighted by Gasteiger charge is -2.13. The Bertz CT molecular complexity index is 1130. The number of methoxy groups -OCH3 is 2. The molecule has 0 aliphatic rings. The van der Waals surface area contributed by atoms with Crippen molar-refractivity contribution in [2.24, 2.45) is 5.10 Å². The maximum Gasteiger partial charge on any atom is 0.339 e. The molecule has 9 nitrogen and oxygen atoms in total. The minimum atomic E-state index is -0.991. The Morgan fingerprint density at radius 3 is 2.33 bits per heavy atom. The molecule has 0 aliphatic heterocycles. The number of hydrogen-bond acceptors (Lipinski definition) is 6. The number of rotatable bonds is 9. The summed E-state index contributed by atoms with van der Waals surface area (Å²) < 4.78 is 16.4. The summed E-state index contributed by atoms with van der Waals surface area (Å²) in [5.41, 5.74) is 4.55. The minimum Gasteiger partial charge on any atom is -0.497 e. The van der Waals surface area contributed by atoms with E-state index in [1.165, 1.54) is 25.5 Å². The molecule has 0 aromatic heterocycles. The molecule has 0 bridgehead atoms. The summed E-state index contributed by atoms with van der Waals surface area (Å²) in [5.74, 6) is 0.615. The molecule has 0 aliphatic carbocycles. The molecule has 2 amide bonds. The Morgan fingerprint density at radius 2 is 1.70 bits per heavy atom. The van der Waals surface area contributed by atoms with Crippen LogP contribution in [0.1, 0.15) is 21.5 Å². The highest BCUT2D eigenvalue weighted by molar-refractivity contribution is 5.91. The predicted octanol–water partition coefficient (Wildman–Crippen LogP) is 4.14. The molecule has 0 saturated carbocycles. The van der Waals surface area contributed by atoms with Crippen LogP contribution >= 0.6 is 0 Å². The van der Waals surface area contributed by atoms with E-state index in [-0.39, 0.29) is 12.2 Å². The number of carboxylic acid groups (broad SMARTS) is 1. The fraction of sp³-hybridized carbons (Fsp3) is 0.125. The molecule has 0 heterocycles. The van der Waals surface area contributed by atoms with Gasteiger partial charge in [0, 0.05) is 11.3 Å². The predicted molar refractivity (Wildman–Crippen MR) is 123 cm³/mol. The van der Waals surface area contributed by atoms with Gasteiger partial charge >= 0.3 is 12.0 Å². The molecule has 0 spiro atoms. The van der Waals surface area contributed by atoms with Gasteiger partial charge in [0.1, 0.15) is 12.4 Å². The number of carbonyl (C=O) groups excluding carboxylic acids is 1. The van der Waals surface area contributed by atoms with E-state index >= 15 is 0 Å². The summed E-state index contributed by atoms with van der Waals surface area (Å²) in [5, 5.41) is 15.7. The highest BCUT2D eigenvalue weighted by Gasteiger charge is 2.11. The molecule has 170 valence electrons. The molecule has 33 heavy (non-hydrogen) atoms. The number of anilines is 1. The number of amides is 2. The summed E-state index contributed by atoms with van der Waals surface area (Å²) in [6, 6.07) is 18.0. The topological polar surface area (TPSA) is 118 Å². The van der Waals surface area contributed by atoms with Crippen molar-refractivity contribution in [2.45, 2.75) is 6.61 Å². The zero-order valence-electron chi connectivity index (χ0n) is 18.1. The van der Waals surface area contributed by atoms with Gasteiger partial charge in [0.25, 0.3) is 0 Å². The van der Waals surface area contributed by atoms with Crippen LogP contribution in [0.3, 0.4) is 0 Å². The Balaban J connectivity index is 1.65. The van der Waals surface area contributed by atoms with E-state index in [2.05, 4.69) is 15.8 Å². The lowest BCUT2D eigenvalue weighted by Crippen LogP contribution is -2.24. The average molecular weight is 449 g/mol. The maximum absolute atomic E-state index is 12.1. The molecule has 3 N–H and O–H groups in total. The van der Waals surface area contributed by atoms with Crippen molar-refractivity contribution < 1.29 is 28.9 Å². The minimum absolute atomic E-state index is 0.187. The highest BCUT2D eigenvalue weighted by Crippen LogP contribution is 2.31. The van der Waals surface area contributed by atoms with E-state index < -0.39 is 12.0 Å². The Morgan fingerprint density at radius 1 is 0.970 bits per heavy atom. The number of benzene rings is 3. The maximum atomic E-state index is 12.1. The van der Waals surface area contributed by atoms with E-state index in [0.29, 0.717) is 28.5 Å². The van der Waals surface area contributed by atoms with Gasteiger partial charge in [0.15, 0.2) is 11.5 Å². The van der Waals surface area contributed by atoms with Crippen LogP contribution in [0.15, 0.2) is 71.8 Å². The summed E-state index contributed by atoms with van der Waals surface area (Å²) in [6.45, 7) is 0.187. The number of nitrogens with one attached hydrogen (secondary N) is 2. The molecule has 0 fully saturated rings. The van der Waals surface area contributed by atoms with Gasteiger partial charge in [-0.25, -0.2) is 15.0 Å². The molecule has 9 heteroatoms. The van der Waals surface area contributed by atoms with Crippen LogP contribution in [0, 0.1) is 0 Å². The Hall–Kier alpha value is -4.53. The van der Waals surface area contributed by atoms with Crippen molar-refractivity contribution in [3.63, 3.8) is 0 Å². The zero-order chi connectivity index (χ0) is 23.6. The van der Waals surface area contributed by atoms with Gasteiger partial charge in [-0.05, 0) is 54.1 Å². The van der Waals surface area contributed by atoms with Crippen LogP contribution in [0.5, 0.6) is 17.2 Å². The molecule has 0 radical (unpaired) electrons. The monoisotopic (exact) mass is 449 g/mol. The fourth-order valence-electron chi connectivity index (χ4n) is 2.84. The SMILES string of the molecule is COc1ccc(NC(=O)N/N=C/c2cccc(OC)c2OCc2ccc(C(=O)O)cc2)cc1. The van der Waals surface area contributed by atoms with Crippen LogP contribution in [0.4, 0.5) is 10.5 Å². The van der Waals surface area contributed by atoms with Gasteiger partial charge in [-0.2, -0.15) is 5.10 Å². The number of carboxylic acids is 1. The standard InChI is InChI=1S/C24H23N3O6/c1-31-20-12-10-19(11-13-20)26-24(30)27-25-14-18-4-3-5-21(32-2)22(18)33-15-16-6-8-17(9-7-16)23(28)29/h3-14H,15H2,1-2H3,(H,28,29)(H2,26,27,30)/b25-14+. The molecule has 0 saturated heterocycles. The summed E-state index contributed by atoms with van der Waals surface area (Å²) in [6.07, 6.45) is 1.44. The van der Waals surface area contributed by atoms with E-state index in [9.17, 15) is 9.59 Å². The third-order valence-corrected chi connectivity index (χ3v) is 4.53. The number of aromatic carboxylic acids is 1. The summed E-state index contributed by atoms with van der Waals surface area (Å²) in [4.78, 5) is 23.1. The summed E-state index contributed by atoms with van der Waals surface area (Å²) in [7, 11) is 3.08. The van der Waals surface area contributed by atoms with Crippen LogP contribution in [0.2, 0.25) is 0 Å². The number of para-hydroxylation sites is 1. The van der Waals surface area contributed by atoms with Crippen molar-refractivity contribution in [3.8, 4) is 17.2 Å². The molecule has 0 unspecified atom stereocenters. The van der Waals surface area contributed by atoms with Crippen molar-refractivity contribution in [2.75, 3.05) is 19.5 Å². The zero-order valence-corrected chi connectivity index (χ0v) is 18.1. The first kappa shape index (κ1) is 23.1. The largest absolute Gasteiger partial charge is 0.497 e. The van der Waals surface area contributed by atoms with E-state index in [0.717, 1.165) is 5.56 Å². The third kappa shape index (κ3) is 6.47. The van der Waals surface area contributed by atoms with Crippen LogP contribution in [-0.2, 0) is 6.61 Å². The molecule has 3 aromatic carbocycles. The van der Waals surface area contributed by atoms with Crippen LogP contribution < -0.4 is 25.0 Å². The van der Waals surface area contributed by atoms with Gasteiger partial charge in [-0.3, -0.25) is 0 Å². The number of hydrazone groups is 1. The first-order chi connectivity index (χ1) is 16.0. The van der Waals surface area contributed by atoms with Gasteiger partial charge < -0.3 is 24.6 Å². The third-order valence-electron chi connectivity index (χ3n) is 4.53. The molecular weight excluding hydrogens is 426 g/mol. The molecular formula is C24H23N3O6. The number of ether oxygens (including phenoxy) is 3. The number of carbonyl (C=O) groups is 2. The lowest BCUT2D eigenvalue weighted by molar-refractivity contribution is 0.0696. The smallest absolute Gasteiger partial charge is 0.339 e. The Kier molecular flexibility index (Phi) is 7.85. The quantitative estimate of drug-likeness (QED) is 0.334. The van der Waals surface area contributed by atoms with Gasteiger partial charge in [-0.1, -0.05) is 18.2 Å². The first-order valence-electron chi connectivity index (χ1n) is 9.86. The van der Waals surface area contributed by atoms with Gasteiger partial charge in [0.2, 0.25) is 0 Å². The number of urea groups is 1. The van der Waals surface area contributed by atoms with Crippen molar-refractivity contribution >= 4 is 23.9 Å². The second-order valence-electron chi connectivity index (χ2n) is 6.72. The number of nitrogens with zero attached hydrogens (tertiary/aromatic N) is 1. The second-order valence-corrected chi connectivity index (χ2v) is 6.72. The van der Waals surface area contributed by atoms with E-state index in [1.54, 1.807) is 61.7 Å². The van der Waals surface area contributed by atoms with Crippen LogP contribution in [-0.4, -0.2) is 37.5 Å². The normalized spacial score (nSPS) is 10.5. The summed E-state index contributed by atoms with van der Waals surface area (Å²) >= 11 is 0. The van der Waals surface area contributed by atoms with Gasteiger partial charge in [-0.15, -0.1) is 0 Å². The van der Waals surface area contributed by atoms with Crippen molar-refractivity contribution in [1.29, 1.82) is 0 Å². The van der Waals surface area contributed by atoms with Crippen LogP contribution in [0.25, 0.3) is 0 Å². The molecule has 3 rings (SSSR count).